The van der Waals surface area contributed by atoms with Gasteiger partial charge in [0.2, 0.25) is 23.6 Å². The Balaban J connectivity index is 2.14. The molecule has 182 valence electrons. The second-order valence-corrected chi connectivity index (χ2v) is 8.80. The average Bonchev–Trinajstić information content (AvgIpc) is 2.79. The normalized spacial score (nSPS) is 20.3. The number of imide groups is 1. The summed E-state index contributed by atoms with van der Waals surface area (Å²) in [4.78, 5) is 62.4. The van der Waals surface area contributed by atoms with Crippen molar-refractivity contribution in [1.29, 1.82) is 0 Å². The summed E-state index contributed by atoms with van der Waals surface area (Å²) in [6.07, 6.45) is 6.51. The van der Waals surface area contributed by atoms with Crippen LogP contribution in [0.1, 0.15) is 52.1 Å². The zero-order chi connectivity index (χ0) is 25.3. The number of piperidine rings is 1. The van der Waals surface area contributed by atoms with Crippen molar-refractivity contribution in [3.8, 4) is 0 Å². The molecule has 1 aliphatic heterocycles. The maximum Gasteiger partial charge on any atom is 0.244 e. The third kappa shape index (κ3) is 7.50. The first-order chi connectivity index (χ1) is 16.1. The third-order valence-corrected chi connectivity index (χ3v) is 5.69. The summed E-state index contributed by atoms with van der Waals surface area (Å²) in [6, 6.07) is 7.57. The fourth-order valence-electron chi connectivity index (χ4n) is 3.76. The van der Waals surface area contributed by atoms with Crippen LogP contribution in [0.15, 0.2) is 54.6 Å². The van der Waals surface area contributed by atoms with Crippen molar-refractivity contribution in [3.63, 3.8) is 0 Å². The van der Waals surface area contributed by atoms with E-state index in [2.05, 4.69) is 16.0 Å². The fraction of sp³-hybridized carbons (Fsp3) is 0.423. The van der Waals surface area contributed by atoms with E-state index >= 15 is 0 Å². The van der Waals surface area contributed by atoms with Crippen LogP contribution in [0.5, 0.6) is 0 Å². The van der Waals surface area contributed by atoms with Crippen molar-refractivity contribution in [3.05, 3.63) is 60.2 Å². The number of amides is 4. The standard InChI is InChI=1S/C26H33N3O5/c1-5-6-8-13-21(30)27-20(18-11-9-7-10-12-18)15-22(31)28-23(16(2)3)24(32)19-14-17(4)25(33)29-26(19)34/h5-13,16-17,19-20,23H,14-15H2,1-4H3,(H,27,30)(H,28,31)(H,29,33,34)/b6-5+,13-8+/t17?,19?,20-,23-/m0/s1. The molecule has 0 saturated carbocycles. The van der Waals surface area contributed by atoms with Crippen LogP contribution < -0.4 is 16.0 Å². The maximum absolute atomic E-state index is 13.1. The molecule has 4 atom stereocenters. The van der Waals surface area contributed by atoms with E-state index in [1.54, 1.807) is 39.0 Å². The molecule has 1 aromatic carbocycles. The molecule has 1 saturated heterocycles. The van der Waals surface area contributed by atoms with E-state index in [1.807, 2.05) is 37.3 Å². The molecule has 4 amide bonds. The first kappa shape index (κ1) is 26.7. The highest BCUT2D eigenvalue weighted by Gasteiger charge is 2.40. The number of allylic oxidation sites excluding steroid dienone is 3. The number of hydrogen-bond acceptors (Lipinski definition) is 5. The van der Waals surface area contributed by atoms with Crippen molar-refractivity contribution in [2.24, 2.45) is 17.8 Å². The molecular weight excluding hydrogens is 434 g/mol. The van der Waals surface area contributed by atoms with Crippen molar-refractivity contribution in [2.45, 2.75) is 52.6 Å². The van der Waals surface area contributed by atoms with Gasteiger partial charge in [-0.2, -0.15) is 0 Å². The summed E-state index contributed by atoms with van der Waals surface area (Å²) in [5, 5.41) is 7.81. The van der Waals surface area contributed by atoms with Crippen LogP contribution in [0.25, 0.3) is 0 Å². The van der Waals surface area contributed by atoms with Gasteiger partial charge >= 0.3 is 0 Å². The Labute approximate surface area is 200 Å². The molecule has 2 unspecified atom stereocenters. The summed E-state index contributed by atoms with van der Waals surface area (Å²) in [6.45, 7) is 7.05. The largest absolute Gasteiger partial charge is 0.346 e. The fourth-order valence-corrected chi connectivity index (χ4v) is 3.76. The lowest BCUT2D eigenvalue weighted by Crippen LogP contribution is -2.54. The Morgan fingerprint density at radius 2 is 1.74 bits per heavy atom. The van der Waals surface area contributed by atoms with Crippen LogP contribution in [0.4, 0.5) is 0 Å². The van der Waals surface area contributed by atoms with E-state index < -0.39 is 47.4 Å². The predicted octanol–water partition coefficient (Wildman–Crippen LogP) is 2.38. The number of nitrogens with one attached hydrogen (secondary N) is 3. The summed E-state index contributed by atoms with van der Waals surface area (Å²) in [7, 11) is 0. The van der Waals surface area contributed by atoms with Gasteiger partial charge < -0.3 is 10.6 Å². The van der Waals surface area contributed by atoms with Gasteiger partial charge in [-0.05, 0) is 24.8 Å². The lowest BCUT2D eigenvalue weighted by molar-refractivity contribution is -0.145. The predicted molar refractivity (Wildman–Crippen MR) is 128 cm³/mol. The number of carbonyl (C=O) groups excluding carboxylic acids is 5. The maximum atomic E-state index is 13.1. The molecule has 1 heterocycles. The number of rotatable bonds is 10. The SMILES string of the molecule is C/C=C/C=C/C(=O)N[C@@H](CC(=O)N[C@H](C(=O)C1CC(C)C(=O)NC1=O)C(C)C)c1ccccc1. The molecule has 0 aromatic heterocycles. The van der Waals surface area contributed by atoms with Gasteiger partial charge in [-0.25, -0.2) is 0 Å². The smallest absolute Gasteiger partial charge is 0.244 e. The molecule has 0 bridgehead atoms. The van der Waals surface area contributed by atoms with Gasteiger partial charge in [-0.3, -0.25) is 29.3 Å². The van der Waals surface area contributed by atoms with E-state index in [-0.39, 0.29) is 24.7 Å². The van der Waals surface area contributed by atoms with Gasteiger partial charge in [-0.1, -0.05) is 69.3 Å². The van der Waals surface area contributed by atoms with E-state index in [4.69, 9.17) is 0 Å². The Morgan fingerprint density at radius 1 is 1.06 bits per heavy atom. The summed E-state index contributed by atoms with van der Waals surface area (Å²) in [5.41, 5.74) is 0.747. The number of Topliss-reactive ketones (excluding diaryl/α,β-unsaturated/α-hetero) is 1. The van der Waals surface area contributed by atoms with Crippen molar-refractivity contribution >= 4 is 29.4 Å². The average molecular weight is 468 g/mol. The molecule has 8 nitrogen and oxygen atoms in total. The summed E-state index contributed by atoms with van der Waals surface area (Å²) in [5.74, 6) is -3.97. The number of hydrogen-bond donors (Lipinski definition) is 3. The highest BCUT2D eigenvalue weighted by Crippen LogP contribution is 2.23. The minimum atomic E-state index is -0.998. The number of ketones is 1. The molecule has 1 aromatic rings. The zero-order valence-electron chi connectivity index (χ0n) is 20.0. The molecule has 1 aliphatic rings. The molecule has 0 spiro atoms. The third-order valence-electron chi connectivity index (χ3n) is 5.69. The van der Waals surface area contributed by atoms with Crippen LogP contribution in [-0.4, -0.2) is 35.5 Å². The second kappa shape index (κ2) is 12.6. The molecule has 1 fully saturated rings. The van der Waals surface area contributed by atoms with E-state index in [1.165, 1.54) is 6.08 Å². The first-order valence-corrected chi connectivity index (χ1v) is 11.5. The first-order valence-electron chi connectivity index (χ1n) is 11.5. The highest BCUT2D eigenvalue weighted by atomic mass is 16.2. The van der Waals surface area contributed by atoms with Crippen LogP contribution >= 0.6 is 0 Å². The van der Waals surface area contributed by atoms with Crippen LogP contribution in [0.3, 0.4) is 0 Å². The Morgan fingerprint density at radius 3 is 2.35 bits per heavy atom. The minimum Gasteiger partial charge on any atom is -0.346 e. The Hall–Kier alpha value is -3.55. The van der Waals surface area contributed by atoms with E-state index in [9.17, 15) is 24.0 Å². The van der Waals surface area contributed by atoms with Gasteiger partial charge in [0.25, 0.3) is 0 Å². The number of benzene rings is 1. The summed E-state index contributed by atoms with van der Waals surface area (Å²) < 4.78 is 0. The van der Waals surface area contributed by atoms with Gasteiger partial charge in [0.1, 0.15) is 0 Å². The lowest BCUT2D eigenvalue weighted by Gasteiger charge is -2.30. The van der Waals surface area contributed by atoms with Crippen molar-refractivity contribution < 1.29 is 24.0 Å². The quantitative estimate of drug-likeness (QED) is 0.211. The second-order valence-electron chi connectivity index (χ2n) is 8.80. The van der Waals surface area contributed by atoms with Crippen LogP contribution in [0.2, 0.25) is 0 Å². The van der Waals surface area contributed by atoms with Gasteiger partial charge in [0.05, 0.1) is 24.4 Å². The molecular formula is C26H33N3O5. The van der Waals surface area contributed by atoms with Crippen LogP contribution in [-0.2, 0) is 24.0 Å². The molecule has 3 N–H and O–H groups in total. The van der Waals surface area contributed by atoms with Gasteiger partial charge in [-0.15, -0.1) is 0 Å². The van der Waals surface area contributed by atoms with Crippen molar-refractivity contribution in [1.82, 2.24) is 16.0 Å². The molecule has 34 heavy (non-hydrogen) atoms. The number of carbonyl (C=O) groups is 5. The molecule has 0 radical (unpaired) electrons. The zero-order valence-corrected chi connectivity index (χ0v) is 20.0. The van der Waals surface area contributed by atoms with E-state index in [0.717, 1.165) is 5.56 Å². The van der Waals surface area contributed by atoms with E-state index in [0.29, 0.717) is 0 Å². The summed E-state index contributed by atoms with van der Waals surface area (Å²) >= 11 is 0. The van der Waals surface area contributed by atoms with Gasteiger partial charge in [0, 0.05) is 12.0 Å². The highest BCUT2D eigenvalue weighted by molar-refractivity contribution is 6.11. The molecule has 8 heteroatoms. The molecule has 0 aliphatic carbocycles. The lowest BCUT2D eigenvalue weighted by atomic mass is 9.82. The Kier molecular flexibility index (Phi) is 9.92. The molecule has 2 rings (SSSR count). The minimum absolute atomic E-state index is 0.0878. The van der Waals surface area contributed by atoms with Crippen molar-refractivity contribution in [2.75, 3.05) is 0 Å². The Bertz CT molecular complexity index is 968. The van der Waals surface area contributed by atoms with Gasteiger partial charge in [0.15, 0.2) is 5.78 Å². The monoisotopic (exact) mass is 467 g/mol. The topological polar surface area (TPSA) is 121 Å². The van der Waals surface area contributed by atoms with Crippen LogP contribution in [0, 0.1) is 17.8 Å².